The Morgan fingerprint density at radius 2 is 1.84 bits per heavy atom. The predicted molar refractivity (Wildman–Crippen MR) is 144 cm³/mol. The Morgan fingerprint density at radius 3 is 2.66 bits per heavy atom. The van der Waals surface area contributed by atoms with Gasteiger partial charge in [-0.05, 0) is 72.4 Å². The van der Waals surface area contributed by atoms with Gasteiger partial charge in [0.1, 0.15) is 11.2 Å². The van der Waals surface area contributed by atoms with Crippen molar-refractivity contribution in [2.75, 3.05) is 18.4 Å². The monoisotopic (exact) mass is 508 g/mol. The van der Waals surface area contributed by atoms with E-state index in [2.05, 4.69) is 32.7 Å². The molecule has 6 rings (SSSR count). The molecule has 2 N–H and O–H groups in total. The number of carbonyl (C=O) groups excluding carboxylic acids is 2. The molecule has 0 aliphatic carbocycles. The zero-order chi connectivity index (χ0) is 26.1. The maximum atomic E-state index is 13.0. The second kappa shape index (κ2) is 10.0. The highest BCUT2D eigenvalue weighted by molar-refractivity contribution is 5.97. The van der Waals surface area contributed by atoms with Crippen LogP contribution in [-0.2, 0) is 6.54 Å². The molecular weight excluding hydrogens is 480 g/mol. The van der Waals surface area contributed by atoms with Crippen LogP contribution in [0.25, 0.3) is 16.7 Å². The molecule has 0 bridgehead atoms. The van der Waals surface area contributed by atoms with Crippen molar-refractivity contribution >= 4 is 34.4 Å². The number of hydrogen-bond donors (Lipinski definition) is 2. The highest BCUT2D eigenvalue weighted by Gasteiger charge is 2.25. The Labute approximate surface area is 219 Å². The van der Waals surface area contributed by atoms with Gasteiger partial charge in [0.15, 0.2) is 11.5 Å². The third-order valence-corrected chi connectivity index (χ3v) is 7.08. The lowest BCUT2D eigenvalue weighted by molar-refractivity contribution is 0.0713. The van der Waals surface area contributed by atoms with Gasteiger partial charge in [0.25, 0.3) is 5.91 Å². The molecule has 4 heterocycles. The molecule has 1 saturated heterocycles. The van der Waals surface area contributed by atoms with Crippen LogP contribution in [0.4, 0.5) is 10.5 Å². The van der Waals surface area contributed by atoms with Crippen molar-refractivity contribution in [3.05, 3.63) is 95.8 Å². The van der Waals surface area contributed by atoms with Crippen LogP contribution in [0.1, 0.15) is 46.1 Å². The number of nitrogens with one attached hydrogen (secondary N) is 2. The fraction of sp³-hybridized carbons (Fsp3) is 0.241. The van der Waals surface area contributed by atoms with E-state index in [0.29, 0.717) is 42.6 Å². The summed E-state index contributed by atoms with van der Waals surface area (Å²) in [4.78, 5) is 35.9. The van der Waals surface area contributed by atoms with Crippen molar-refractivity contribution in [3.63, 3.8) is 0 Å². The number of rotatable bonds is 5. The van der Waals surface area contributed by atoms with Crippen LogP contribution >= 0.6 is 0 Å². The minimum Gasteiger partial charge on any atom is -0.441 e. The Kier molecular flexibility index (Phi) is 6.25. The average Bonchev–Trinajstić information content (AvgIpc) is 3.56. The standard InChI is InChI=1S/C29H28N6O3/c1-19-32-25-7-4-23(17-26(25)38-19)28(36)35-13-9-22(10-14-35)21-2-5-24(6-3-21)33-29(37)31-18-20-8-12-34-15-11-30-27(34)16-20/h2-8,11-12,15-17,22H,9-10,13-14,18H2,1H3,(H2,31,33,37). The number of carbonyl (C=O) groups is 2. The highest BCUT2D eigenvalue weighted by Crippen LogP contribution is 2.30. The number of nitrogens with zero attached hydrogens (tertiary/aromatic N) is 4. The van der Waals surface area contributed by atoms with Crippen LogP contribution in [0, 0.1) is 6.92 Å². The van der Waals surface area contributed by atoms with Crippen molar-refractivity contribution in [2.24, 2.45) is 0 Å². The Morgan fingerprint density at radius 1 is 1.03 bits per heavy atom. The number of hydrogen-bond acceptors (Lipinski definition) is 5. The second-order valence-electron chi connectivity index (χ2n) is 9.64. The first-order valence-corrected chi connectivity index (χ1v) is 12.7. The minimum absolute atomic E-state index is 0.0228. The van der Waals surface area contributed by atoms with Gasteiger partial charge >= 0.3 is 6.03 Å². The first-order chi connectivity index (χ1) is 18.5. The maximum Gasteiger partial charge on any atom is 0.319 e. The molecule has 0 saturated carbocycles. The molecule has 0 atom stereocenters. The Hall–Kier alpha value is -4.66. The normalized spacial score (nSPS) is 14.2. The molecule has 3 amide bonds. The molecule has 3 aromatic heterocycles. The summed E-state index contributed by atoms with van der Waals surface area (Å²) in [5.41, 5.74) is 5.81. The van der Waals surface area contributed by atoms with Crippen molar-refractivity contribution in [1.29, 1.82) is 0 Å². The summed E-state index contributed by atoms with van der Waals surface area (Å²) in [6.07, 6.45) is 7.34. The minimum atomic E-state index is -0.258. The predicted octanol–water partition coefficient (Wildman–Crippen LogP) is 5.13. The summed E-state index contributed by atoms with van der Waals surface area (Å²) < 4.78 is 7.51. The van der Waals surface area contributed by atoms with Crippen molar-refractivity contribution in [2.45, 2.75) is 32.2 Å². The number of aromatic nitrogens is 3. The number of piperidine rings is 1. The van der Waals surface area contributed by atoms with Gasteiger partial charge < -0.3 is 24.4 Å². The number of pyridine rings is 1. The lowest BCUT2D eigenvalue weighted by Crippen LogP contribution is -2.37. The van der Waals surface area contributed by atoms with Crippen molar-refractivity contribution in [3.8, 4) is 0 Å². The molecular formula is C29H28N6O3. The number of imidazole rings is 1. The lowest BCUT2D eigenvalue weighted by atomic mass is 9.89. The Bertz CT molecular complexity index is 1610. The van der Waals surface area contributed by atoms with E-state index in [4.69, 9.17) is 4.42 Å². The maximum absolute atomic E-state index is 13.0. The van der Waals surface area contributed by atoms with Crippen LogP contribution < -0.4 is 10.6 Å². The lowest BCUT2D eigenvalue weighted by Gasteiger charge is -2.32. The molecule has 0 radical (unpaired) electrons. The zero-order valence-corrected chi connectivity index (χ0v) is 21.1. The van der Waals surface area contributed by atoms with Crippen molar-refractivity contribution < 1.29 is 14.0 Å². The average molecular weight is 509 g/mol. The van der Waals surface area contributed by atoms with E-state index in [1.54, 1.807) is 19.2 Å². The van der Waals surface area contributed by atoms with Gasteiger partial charge in [-0.25, -0.2) is 14.8 Å². The number of amides is 3. The summed E-state index contributed by atoms with van der Waals surface area (Å²) in [5.74, 6) is 0.990. The molecule has 1 aliphatic rings. The fourth-order valence-corrected chi connectivity index (χ4v) is 5.03. The second-order valence-corrected chi connectivity index (χ2v) is 9.64. The first kappa shape index (κ1) is 23.7. The van der Waals surface area contributed by atoms with Gasteiger partial charge in [-0.1, -0.05) is 12.1 Å². The summed E-state index contributed by atoms with van der Waals surface area (Å²) >= 11 is 0. The summed E-state index contributed by atoms with van der Waals surface area (Å²) in [6, 6.07) is 17.1. The van der Waals surface area contributed by atoms with Gasteiger partial charge in [-0.3, -0.25) is 4.79 Å². The molecule has 38 heavy (non-hydrogen) atoms. The third-order valence-electron chi connectivity index (χ3n) is 7.08. The van der Waals surface area contributed by atoms with Gasteiger partial charge in [0.2, 0.25) is 0 Å². The third kappa shape index (κ3) is 4.95. The quantitative estimate of drug-likeness (QED) is 0.343. The molecule has 1 aliphatic heterocycles. The van der Waals surface area contributed by atoms with Gasteiger partial charge in [-0.2, -0.15) is 0 Å². The Balaban J connectivity index is 1.000. The van der Waals surface area contributed by atoms with Gasteiger partial charge in [-0.15, -0.1) is 0 Å². The molecule has 0 unspecified atom stereocenters. The number of aryl methyl sites for hydroxylation is 1. The van der Waals surface area contributed by atoms with E-state index >= 15 is 0 Å². The number of likely N-dealkylation sites (tertiary alicyclic amines) is 1. The summed E-state index contributed by atoms with van der Waals surface area (Å²) in [5, 5.41) is 5.78. The number of benzene rings is 2. The van der Waals surface area contributed by atoms with Crippen LogP contribution in [-0.4, -0.2) is 44.3 Å². The molecule has 1 fully saturated rings. The summed E-state index contributed by atoms with van der Waals surface area (Å²) in [6.45, 7) is 3.61. The van der Waals surface area contributed by atoms with E-state index < -0.39 is 0 Å². The molecule has 2 aromatic carbocycles. The van der Waals surface area contributed by atoms with Crippen LogP contribution in [0.15, 0.2) is 77.6 Å². The zero-order valence-electron chi connectivity index (χ0n) is 21.1. The van der Waals surface area contributed by atoms with Crippen molar-refractivity contribution in [1.82, 2.24) is 24.6 Å². The van der Waals surface area contributed by atoms with Crippen LogP contribution in [0.5, 0.6) is 0 Å². The van der Waals surface area contributed by atoms with E-state index in [0.717, 1.165) is 35.3 Å². The van der Waals surface area contributed by atoms with Crippen LogP contribution in [0.3, 0.4) is 0 Å². The van der Waals surface area contributed by atoms with Gasteiger partial charge in [0.05, 0.1) is 0 Å². The molecule has 5 aromatic rings. The molecule has 0 spiro atoms. The van der Waals surface area contributed by atoms with E-state index in [9.17, 15) is 9.59 Å². The fourth-order valence-electron chi connectivity index (χ4n) is 5.03. The number of urea groups is 1. The first-order valence-electron chi connectivity index (χ1n) is 12.7. The number of oxazole rings is 1. The van der Waals surface area contributed by atoms with E-state index in [1.807, 2.05) is 58.1 Å². The largest absolute Gasteiger partial charge is 0.441 e. The number of anilines is 1. The van der Waals surface area contributed by atoms with E-state index in [1.165, 1.54) is 5.56 Å². The van der Waals surface area contributed by atoms with Gasteiger partial charge in [0, 0.05) is 56.4 Å². The summed E-state index contributed by atoms with van der Waals surface area (Å²) in [7, 11) is 0. The molecule has 9 heteroatoms. The van der Waals surface area contributed by atoms with E-state index in [-0.39, 0.29) is 11.9 Å². The number of fused-ring (bicyclic) bond motifs is 2. The topological polar surface area (TPSA) is 105 Å². The molecule has 9 nitrogen and oxygen atoms in total. The smallest absolute Gasteiger partial charge is 0.319 e. The molecule has 192 valence electrons. The SMILES string of the molecule is Cc1nc2ccc(C(=O)N3CCC(c4ccc(NC(=O)NCc5ccn6ccnc6c5)cc4)CC3)cc2o1. The van der Waals surface area contributed by atoms with Crippen LogP contribution in [0.2, 0.25) is 0 Å². The highest BCUT2D eigenvalue weighted by atomic mass is 16.3.